The second-order valence-electron chi connectivity index (χ2n) is 4.53. The standard InChI is InChI=1S/C10H14O/c11-10-5-6-4-9(10)8-3-1-2-7(6)8/h6-9H,1-5H2/t6-,7+,8+,9-/m1/s1. The summed E-state index contributed by atoms with van der Waals surface area (Å²) in [5.41, 5.74) is 0. The molecule has 1 heteroatoms. The molecule has 4 atom stereocenters. The van der Waals surface area contributed by atoms with E-state index in [1.807, 2.05) is 0 Å². The molecule has 0 saturated heterocycles. The Morgan fingerprint density at radius 1 is 1.18 bits per heavy atom. The number of ketones is 1. The molecule has 0 aliphatic heterocycles. The SMILES string of the molecule is O=C1C[C@H]2C[C@@H]1[C@H]1CCC[C@@H]21. The van der Waals surface area contributed by atoms with Crippen LogP contribution in [-0.4, -0.2) is 5.78 Å². The Hall–Kier alpha value is -0.330. The summed E-state index contributed by atoms with van der Waals surface area (Å²) in [6, 6.07) is 0. The van der Waals surface area contributed by atoms with Crippen LogP contribution in [0.1, 0.15) is 32.1 Å². The van der Waals surface area contributed by atoms with E-state index in [4.69, 9.17) is 0 Å². The van der Waals surface area contributed by atoms with Crippen LogP contribution in [0, 0.1) is 23.7 Å². The summed E-state index contributed by atoms with van der Waals surface area (Å²) in [5, 5.41) is 0. The van der Waals surface area contributed by atoms with Gasteiger partial charge in [0.25, 0.3) is 0 Å². The van der Waals surface area contributed by atoms with E-state index in [0.29, 0.717) is 11.7 Å². The number of carbonyl (C=O) groups is 1. The largest absolute Gasteiger partial charge is 0.299 e. The quantitative estimate of drug-likeness (QED) is 0.516. The van der Waals surface area contributed by atoms with Crippen LogP contribution < -0.4 is 0 Å². The summed E-state index contributed by atoms with van der Waals surface area (Å²) >= 11 is 0. The third-order valence-corrected chi connectivity index (χ3v) is 4.18. The van der Waals surface area contributed by atoms with Crippen LogP contribution in [0.3, 0.4) is 0 Å². The molecule has 2 bridgehead atoms. The van der Waals surface area contributed by atoms with Crippen LogP contribution in [-0.2, 0) is 4.79 Å². The second-order valence-corrected chi connectivity index (χ2v) is 4.53. The zero-order valence-corrected chi connectivity index (χ0v) is 6.75. The van der Waals surface area contributed by atoms with Crippen molar-refractivity contribution in [1.29, 1.82) is 0 Å². The highest BCUT2D eigenvalue weighted by molar-refractivity contribution is 5.85. The Labute approximate surface area is 67.2 Å². The van der Waals surface area contributed by atoms with Crippen LogP contribution in [0.5, 0.6) is 0 Å². The number of Topliss-reactive ketones (excluding diaryl/α,β-unsaturated/α-hetero) is 1. The van der Waals surface area contributed by atoms with Gasteiger partial charge in [-0.25, -0.2) is 0 Å². The fourth-order valence-electron chi connectivity index (χ4n) is 3.79. The Kier molecular flexibility index (Phi) is 1.06. The smallest absolute Gasteiger partial charge is 0.136 e. The average molecular weight is 150 g/mol. The Bertz CT molecular complexity index is 209. The maximum Gasteiger partial charge on any atom is 0.136 e. The molecule has 0 amide bonds. The molecule has 11 heavy (non-hydrogen) atoms. The van der Waals surface area contributed by atoms with Crippen molar-refractivity contribution in [2.45, 2.75) is 32.1 Å². The number of carbonyl (C=O) groups excluding carboxylic acids is 1. The third kappa shape index (κ3) is 0.646. The van der Waals surface area contributed by atoms with E-state index in [0.717, 1.165) is 24.2 Å². The lowest BCUT2D eigenvalue weighted by Crippen LogP contribution is -2.23. The molecule has 0 aromatic rings. The Morgan fingerprint density at radius 3 is 2.91 bits per heavy atom. The van der Waals surface area contributed by atoms with Crippen molar-refractivity contribution in [2.24, 2.45) is 23.7 Å². The molecule has 0 N–H and O–H groups in total. The van der Waals surface area contributed by atoms with Gasteiger partial charge < -0.3 is 0 Å². The van der Waals surface area contributed by atoms with E-state index in [1.54, 1.807) is 0 Å². The van der Waals surface area contributed by atoms with Gasteiger partial charge in [0.05, 0.1) is 0 Å². The molecule has 1 nitrogen and oxygen atoms in total. The molecule has 3 aliphatic rings. The van der Waals surface area contributed by atoms with Crippen LogP contribution in [0.15, 0.2) is 0 Å². The van der Waals surface area contributed by atoms with Crippen molar-refractivity contribution in [1.82, 2.24) is 0 Å². The lowest BCUT2D eigenvalue weighted by molar-refractivity contribution is -0.123. The van der Waals surface area contributed by atoms with Crippen molar-refractivity contribution in [3.05, 3.63) is 0 Å². The van der Waals surface area contributed by atoms with Crippen LogP contribution in [0.2, 0.25) is 0 Å². The van der Waals surface area contributed by atoms with Gasteiger partial charge in [-0.15, -0.1) is 0 Å². The van der Waals surface area contributed by atoms with Crippen molar-refractivity contribution >= 4 is 5.78 Å². The molecule has 60 valence electrons. The summed E-state index contributed by atoms with van der Waals surface area (Å²) in [6.07, 6.45) is 6.38. The Morgan fingerprint density at radius 2 is 2.00 bits per heavy atom. The van der Waals surface area contributed by atoms with Crippen LogP contribution >= 0.6 is 0 Å². The highest BCUT2D eigenvalue weighted by atomic mass is 16.1. The zero-order chi connectivity index (χ0) is 7.42. The molecule has 0 unspecified atom stereocenters. The lowest BCUT2D eigenvalue weighted by Gasteiger charge is -2.22. The van der Waals surface area contributed by atoms with Gasteiger partial charge in [-0.2, -0.15) is 0 Å². The van der Waals surface area contributed by atoms with Gasteiger partial charge in [-0.3, -0.25) is 4.79 Å². The first kappa shape index (κ1) is 6.22. The second kappa shape index (κ2) is 1.88. The molecule has 0 radical (unpaired) electrons. The van der Waals surface area contributed by atoms with Gasteiger partial charge in [-0.05, 0) is 37.0 Å². The van der Waals surface area contributed by atoms with E-state index < -0.39 is 0 Å². The number of hydrogen-bond donors (Lipinski definition) is 0. The van der Waals surface area contributed by atoms with E-state index in [9.17, 15) is 4.79 Å². The summed E-state index contributed by atoms with van der Waals surface area (Å²) in [6.45, 7) is 0. The predicted molar refractivity (Wildman–Crippen MR) is 42.1 cm³/mol. The molecule has 0 spiro atoms. The molecule has 3 aliphatic carbocycles. The zero-order valence-electron chi connectivity index (χ0n) is 6.75. The van der Waals surface area contributed by atoms with E-state index in [-0.39, 0.29) is 0 Å². The molecular formula is C10H14O. The van der Waals surface area contributed by atoms with Crippen molar-refractivity contribution in [3.63, 3.8) is 0 Å². The first-order chi connectivity index (χ1) is 5.36. The number of hydrogen-bond acceptors (Lipinski definition) is 1. The number of rotatable bonds is 0. The minimum absolute atomic E-state index is 0.521. The van der Waals surface area contributed by atoms with E-state index >= 15 is 0 Å². The summed E-state index contributed by atoms with van der Waals surface area (Å²) < 4.78 is 0. The fraction of sp³-hybridized carbons (Fsp3) is 0.900. The van der Waals surface area contributed by atoms with Gasteiger partial charge >= 0.3 is 0 Å². The van der Waals surface area contributed by atoms with Crippen molar-refractivity contribution < 1.29 is 4.79 Å². The molecule has 3 fully saturated rings. The van der Waals surface area contributed by atoms with Gasteiger partial charge in [0.2, 0.25) is 0 Å². The monoisotopic (exact) mass is 150 g/mol. The van der Waals surface area contributed by atoms with Gasteiger partial charge in [-0.1, -0.05) is 6.42 Å². The summed E-state index contributed by atoms with van der Waals surface area (Å²) in [4.78, 5) is 11.4. The van der Waals surface area contributed by atoms with Gasteiger partial charge in [0.1, 0.15) is 5.78 Å². The number of fused-ring (bicyclic) bond motifs is 5. The normalized spacial score (nSPS) is 53.6. The molecule has 0 aromatic carbocycles. The first-order valence-corrected chi connectivity index (χ1v) is 4.89. The minimum atomic E-state index is 0.521. The molecule has 3 saturated carbocycles. The van der Waals surface area contributed by atoms with Crippen LogP contribution in [0.4, 0.5) is 0 Å². The van der Waals surface area contributed by atoms with Crippen LogP contribution in [0.25, 0.3) is 0 Å². The first-order valence-electron chi connectivity index (χ1n) is 4.89. The summed E-state index contributed by atoms with van der Waals surface area (Å²) in [5.74, 6) is 3.74. The molecule has 0 heterocycles. The molecule has 0 aromatic heterocycles. The van der Waals surface area contributed by atoms with E-state index in [2.05, 4.69) is 0 Å². The summed E-state index contributed by atoms with van der Waals surface area (Å²) in [7, 11) is 0. The van der Waals surface area contributed by atoms with Crippen molar-refractivity contribution in [3.8, 4) is 0 Å². The highest BCUT2D eigenvalue weighted by Gasteiger charge is 2.53. The Balaban J connectivity index is 1.95. The van der Waals surface area contributed by atoms with Gasteiger partial charge in [0, 0.05) is 12.3 Å². The lowest BCUT2D eigenvalue weighted by atomic mass is 9.81. The average Bonchev–Trinajstić information content (AvgIpc) is 2.52. The topological polar surface area (TPSA) is 17.1 Å². The third-order valence-electron chi connectivity index (χ3n) is 4.18. The molecular weight excluding hydrogens is 136 g/mol. The van der Waals surface area contributed by atoms with E-state index in [1.165, 1.54) is 25.7 Å². The van der Waals surface area contributed by atoms with Crippen molar-refractivity contribution in [2.75, 3.05) is 0 Å². The fourth-order valence-corrected chi connectivity index (χ4v) is 3.79. The maximum atomic E-state index is 11.4. The maximum absolute atomic E-state index is 11.4. The highest BCUT2D eigenvalue weighted by Crippen LogP contribution is 2.57. The predicted octanol–water partition coefficient (Wildman–Crippen LogP) is 2.01. The molecule has 3 rings (SSSR count). The minimum Gasteiger partial charge on any atom is -0.299 e. The van der Waals surface area contributed by atoms with Gasteiger partial charge in [0.15, 0.2) is 0 Å².